The topological polar surface area (TPSA) is 166 Å². The Kier molecular flexibility index (Phi) is 7.97. The van der Waals surface area contributed by atoms with Crippen molar-refractivity contribution in [3.63, 3.8) is 0 Å². The SMILES string of the molecule is Cc1nc(-c2cccc([N+](=O)[O-])c2)c(CC(=O)NCc2ccc(/C(N)=N/O)s2)c(=O)n1CC(C)C. The van der Waals surface area contributed by atoms with Gasteiger partial charge in [0.2, 0.25) is 5.91 Å². The number of nitrogens with zero attached hydrogens (tertiary/aromatic N) is 4. The highest BCUT2D eigenvalue weighted by molar-refractivity contribution is 7.14. The fourth-order valence-corrected chi connectivity index (χ4v) is 4.36. The van der Waals surface area contributed by atoms with E-state index in [-0.39, 0.29) is 47.2 Å². The third-order valence-electron chi connectivity index (χ3n) is 5.15. The minimum atomic E-state index is -0.522. The van der Waals surface area contributed by atoms with Gasteiger partial charge in [-0.3, -0.25) is 24.3 Å². The van der Waals surface area contributed by atoms with Crippen molar-refractivity contribution < 1.29 is 14.9 Å². The van der Waals surface area contributed by atoms with E-state index in [0.29, 0.717) is 22.8 Å². The van der Waals surface area contributed by atoms with Crippen LogP contribution in [0.15, 0.2) is 46.3 Å². The number of nitro benzene ring substituents is 1. The first-order valence-corrected chi connectivity index (χ1v) is 11.6. The largest absolute Gasteiger partial charge is 0.409 e. The van der Waals surface area contributed by atoms with Crippen LogP contribution in [0.4, 0.5) is 5.69 Å². The lowest BCUT2D eigenvalue weighted by atomic mass is 10.0. The van der Waals surface area contributed by atoms with Crippen molar-refractivity contribution in [3.8, 4) is 11.3 Å². The van der Waals surface area contributed by atoms with E-state index in [2.05, 4.69) is 15.5 Å². The van der Waals surface area contributed by atoms with Crippen LogP contribution < -0.4 is 16.6 Å². The zero-order chi connectivity index (χ0) is 25.7. The van der Waals surface area contributed by atoms with Crippen LogP contribution in [0.3, 0.4) is 0 Å². The number of hydrogen-bond donors (Lipinski definition) is 3. The lowest BCUT2D eigenvalue weighted by Crippen LogP contribution is -2.33. The van der Waals surface area contributed by atoms with Crippen LogP contribution in [0.5, 0.6) is 0 Å². The molecule has 0 bridgehead atoms. The number of carbonyl (C=O) groups is 1. The van der Waals surface area contributed by atoms with Crippen molar-refractivity contribution in [2.75, 3.05) is 0 Å². The Bertz CT molecular complexity index is 1340. The molecule has 11 nitrogen and oxygen atoms in total. The number of nitrogens with two attached hydrogens (primary N) is 1. The quantitative estimate of drug-likeness (QED) is 0.134. The number of amides is 1. The summed E-state index contributed by atoms with van der Waals surface area (Å²) < 4.78 is 1.52. The number of hydrogen-bond acceptors (Lipinski definition) is 8. The summed E-state index contributed by atoms with van der Waals surface area (Å²) >= 11 is 1.26. The second-order valence-electron chi connectivity index (χ2n) is 8.31. The summed E-state index contributed by atoms with van der Waals surface area (Å²) in [4.78, 5) is 42.9. The number of thiophene rings is 1. The molecule has 3 rings (SSSR count). The monoisotopic (exact) mass is 498 g/mol. The Morgan fingerprint density at radius 2 is 2.09 bits per heavy atom. The average molecular weight is 499 g/mol. The molecule has 1 aromatic carbocycles. The zero-order valence-electron chi connectivity index (χ0n) is 19.5. The standard InChI is InChI=1S/C23H26N6O5S/c1-13(2)12-28-14(3)26-21(15-5-4-6-16(9-15)29(33)34)18(23(28)31)10-20(30)25-11-17-7-8-19(35-17)22(24)27-32/h4-9,13,32H,10-12H2,1-3H3,(H2,24,27)(H,25,30). The van der Waals surface area contributed by atoms with Gasteiger partial charge in [0.25, 0.3) is 11.2 Å². The molecule has 4 N–H and O–H groups in total. The molecule has 12 heteroatoms. The molecule has 184 valence electrons. The molecule has 35 heavy (non-hydrogen) atoms. The third-order valence-corrected chi connectivity index (χ3v) is 6.26. The van der Waals surface area contributed by atoms with Gasteiger partial charge in [-0.05, 0) is 25.0 Å². The van der Waals surface area contributed by atoms with Crippen LogP contribution in [0.1, 0.15) is 35.0 Å². The predicted octanol–water partition coefficient (Wildman–Crippen LogP) is 2.80. The molecule has 0 aliphatic heterocycles. The summed E-state index contributed by atoms with van der Waals surface area (Å²) in [5.41, 5.74) is 5.89. The number of non-ortho nitro benzene ring substituents is 1. The highest BCUT2D eigenvalue weighted by Crippen LogP contribution is 2.25. The molecule has 0 atom stereocenters. The Morgan fingerprint density at radius 1 is 1.34 bits per heavy atom. The number of amidine groups is 1. The van der Waals surface area contributed by atoms with Crippen molar-refractivity contribution in [3.05, 3.63) is 78.0 Å². The summed E-state index contributed by atoms with van der Waals surface area (Å²) in [5, 5.41) is 25.8. The molecule has 0 aliphatic carbocycles. The van der Waals surface area contributed by atoms with Gasteiger partial charge in [0, 0.05) is 29.1 Å². The number of nitro groups is 1. The molecule has 0 fully saturated rings. The Balaban J connectivity index is 1.94. The number of oxime groups is 1. The van der Waals surface area contributed by atoms with Gasteiger partial charge >= 0.3 is 0 Å². The first-order chi connectivity index (χ1) is 16.6. The minimum absolute atomic E-state index is 0.0226. The molecule has 0 saturated heterocycles. The number of aromatic nitrogens is 2. The Labute approximate surface area is 205 Å². The van der Waals surface area contributed by atoms with Crippen LogP contribution in [-0.2, 0) is 24.3 Å². The van der Waals surface area contributed by atoms with Gasteiger partial charge in [-0.15, -0.1) is 11.3 Å². The molecule has 0 spiro atoms. The molecular weight excluding hydrogens is 472 g/mol. The third kappa shape index (κ3) is 6.09. The van der Waals surface area contributed by atoms with E-state index in [1.54, 1.807) is 25.1 Å². The molecule has 0 radical (unpaired) electrons. The zero-order valence-corrected chi connectivity index (χ0v) is 20.3. The van der Waals surface area contributed by atoms with E-state index >= 15 is 0 Å². The van der Waals surface area contributed by atoms with Crippen molar-refractivity contribution in [2.24, 2.45) is 16.8 Å². The normalized spacial score (nSPS) is 11.6. The summed E-state index contributed by atoms with van der Waals surface area (Å²) in [5.74, 6) is 0.199. The summed E-state index contributed by atoms with van der Waals surface area (Å²) in [7, 11) is 0. The van der Waals surface area contributed by atoms with E-state index in [1.165, 1.54) is 34.1 Å². The van der Waals surface area contributed by atoms with Crippen molar-refractivity contribution >= 4 is 28.8 Å². The number of carbonyl (C=O) groups excluding carboxylic acids is 1. The van der Waals surface area contributed by atoms with Crippen molar-refractivity contribution in [2.45, 2.75) is 40.3 Å². The number of rotatable bonds is 9. The minimum Gasteiger partial charge on any atom is -0.409 e. The molecular formula is C23H26N6O5S. The first kappa shape index (κ1) is 25.6. The summed E-state index contributed by atoms with van der Waals surface area (Å²) in [6.07, 6.45) is -0.249. The van der Waals surface area contributed by atoms with E-state index in [1.807, 2.05) is 13.8 Å². The van der Waals surface area contributed by atoms with Gasteiger partial charge < -0.3 is 16.3 Å². The van der Waals surface area contributed by atoms with E-state index in [4.69, 9.17) is 10.9 Å². The van der Waals surface area contributed by atoms with E-state index in [9.17, 15) is 19.7 Å². The van der Waals surface area contributed by atoms with Gasteiger partial charge in [-0.25, -0.2) is 4.98 Å². The van der Waals surface area contributed by atoms with Crippen LogP contribution in [0, 0.1) is 23.0 Å². The fraction of sp³-hybridized carbons (Fsp3) is 0.304. The smallest absolute Gasteiger partial charge is 0.270 e. The molecule has 3 aromatic rings. The highest BCUT2D eigenvalue weighted by Gasteiger charge is 2.21. The van der Waals surface area contributed by atoms with Crippen molar-refractivity contribution in [1.29, 1.82) is 0 Å². The maximum absolute atomic E-state index is 13.4. The lowest BCUT2D eigenvalue weighted by Gasteiger charge is -2.17. The Morgan fingerprint density at radius 3 is 2.74 bits per heavy atom. The fourth-order valence-electron chi connectivity index (χ4n) is 3.51. The second kappa shape index (κ2) is 10.9. The van der Waals surface area contributed by atoms with Crippen molar-refractivity contribution in [1.82, 2.24) is 14.9 Å². The van der Waals surface area contributed by atoms with E-state index in [0.717, 1.165) is 4.88 Å². The average Bonchev–Trinajstić information content (AvgIpc) is 3.30. The molecule has 0 saturated carbocycles. The molecule has 0 aliphatic rings. The van der Waals surface area contributed by atoms with Gasteiger partial charge in [0.05, 0.1) is 34.0 Å². The maximum Gasteiger partial charge on any atom is 0.270 e. The van der Waals surface area contributed by atoms with Gasteiger partial charge in [0.1, 0.15) is 5.82 Å². The summed E-state index contributed by atoms with van der Waals surface area (Å²) in [6, 6.07) is 9.26. The van der Waals surface area contributed by atoms with Gasteiger partial charge in [-0.1, -0.05) is 31.1 Å². The van der Waals surface area contributed by atoms with Crippen LogP contribution in [0.25, 0.3) is 11.3 Å². The summed E-state index contributed by atoms with van der Waals surface area (Å²) in [6.45, 7) is 6.25. The lowest BCUT2D eigenvalue weighted by molar-refractivity contribution is -0.384. The maximum atomic E-state index is 13.4. The Hall–Kier alpha value is -4.06. The first-order valence-electron chi connectivity index (χ1n) is 10.8. The molecule has 2 aromatic heterocycles. The number of aryl methyl sites for hydroxylation is 1. The van der Waals surface area contributed by atoms with Crippen LogP contribution in [-0.4, -0.2) is 31.4 Å². The van der Waals surface area contributed by atoms with Gasteiger partial charge in [0.15, 0.2) is 5.84 Å². The number of benzene rings is 1. The predicted molar refractivity (Wildman–Crippen MR) is 133 cm³/mol. The van der Waals surface area contributed by atoms with Gasteiger partial charge in [-0.2, -0.15) is 0 Å². The molecule has 0 unspecified atom stereocenters. The number of nitrogens with one attached hydrogen (secondary N) is 1. The van der Waals surface area contributed by atoms with Crippen LogP contribution >= 0.6 is 11.3 Å². The molecule has 2 heterocycles. The highest BCUT2D eigenvalue weighted by atomic mass is 32.1. The molecule has 1 amide bonds. The van der Waals surface area contributed by atoms with Crippen LogP contribution in [0.2, 0.25) is 0 Å². The van der Waals surface area contributed by atoms with E-state index < -0.39 is 10.8 Å². The second-order valence-corrected chi connectivity index (χ2v) is 9.48.